The van der Waals surface area contributed by atoms with Crippen molar-refractivity contribution in [2.24, 2.45) is 0 Å². The van der Waals surface area contributed by atoms with Gasteiger partial charge >= 0.3 is 5.69 Å². The van der Waals surface area contributed by atoms with Crippen molar-refractivity contribution in [3.8, 4) is 0 Å². The van der Waals surface area contributed by atoms with E-state index in [-0.39, 0.29) is 16.7 Å². The van der Waals surface area contributed by atoms with Gasteiger partial charge in [0.25, 0.3) is 0 Å². The molecule has 0 bridgehead atoms. The minimum atomic E-state index is -0.534. The van der Waals surface area contributed by atoms with Crippen molar-refractivity contribution in [2.75, 3.05) is 11.9 Å². The summed E-state index contributed by atoms with van der Waals surface area (Å²) in [5.41, 5.74) is -0.225. The summed E-state index contributed by atoms with van der Waals surface area (Å²) < 4.78 is 0. The van der Waals surface area contributed by atoms with E-state index in [4.69, 9.17) is 11.6 Å². The summed E-state index contributed by atoms with van der Waals surface area (Å²) in [5, 5.41) is 13.9. The zero-order valence-electron chi connectivity index (χ0n) is 10.1. The highest BCUT2D eigenvalue weighted by Gasteiger charge is 2.31. The molecule has 1 aromatic heterocycles. The number of nitrogens with zero attached hydrogens (tertiary/aromatic N) is 3. The summed E-state index contributed by atoms with van der Waals surface area (Å²) in [6.07, 6.45) is 4.00. The predicted molar refractivity (Wildman–Crippen MR) is 69.1 cm³/mol. The van der Waals surface area contributed by atoms with E-state index in [2.05, 4.69) is 22.2 Å². The molecule has 1 heterocycles. The average Bonchev–Trinajstić information content (AvgIpc) is 3.11. The van der Waals surface area contributed by atoms with Crippen LogP contribution < -0.4 is 5.32 Å². The van der Waals surface area contributed by atoms with Gasteiger partial charge in [-0.1, -0.05) is 24.9 Å². The minimum absolute atomic E-state index is 0.0732. The Hall–Kier alpha value is -1.43. The Bertz CT molecular complexity index is 463. The van der Waals surface area contributed by atoms with Crippen molar-refractivity contribution >= 4 is 23.1 Å². The lowest BCUT2D eigenvalue weighted by Crippen LogP contribution is -2.09. The molecule has 1 aliphatic carbocycles. The number of anilines is 1. The van der Waals surface area contributed by atoms with E-state index in [1.165, 1.54) is 0 Å². The molecule has 0 aromatic carbocycles. The maximum atomic E-state index is 11.0. The zero-order valence-corrected chi connectivity index (χ0v) is 10.9. The SMILES string of the molecule is CCCCNc1nc(C2CC2)nc(Cl)c1[N+](=O)[O-]. The monoisotopic (exact) mass is 270 g/mol. The highest BCUT2D eigenvalue weighted by Crippen LogP contribution is 2.41. The number of nitrogens with one attached hydrogen (secondary N) is 1. The molecule has 1 N–H and O–H groups in total. The number of hydrogen-bond donors (Lipinski definition) is 1. The maximum Gasteiger partial charge on any atom is 0.348 e. The Morgan fingerprint density at radius 2 is 2.22 bits per heavy atom. The van der Waals surface area contributed by atoms with E-state index in [1.807, 2.05) is 0 Å². The Balaban J connectivity index is 2.28. The van der Waals surface area contributed by atoms with E-state index in [0.29, 0.717) is 18.3 Å². The number of nitro groups is 1. The van der Waals surface area contributed by atoms with Crippen molar-refractivity contribution < 1.29 is 4.92 Å². The molecule has 0 atom stereocenters. The van der Waals surface area contributed by atoms with Crippen LogP contribution in [0.15, 0.2) is 0 Å². The molecule has 1 aromatic rings. The van der Waals surface area contributed by atoms with Crippen molar-refractivity contribution in [1.29, 1.82) is 0 Å². The molecule has 7 heteroatoms. The fourth-order valence-electron chi connectivity index (χ4n) is 1.64. The van der Waals surface area contributed by atoms with Gasteiger partial charge in [0, 0.05) is 12.5 Å². The first-order valence-corrected chi connectivity index (χ1v) is 6.47. The summed E-state index contributed by atoms with van der Waals surface area (Å²) in [5.74, 6) is 1.18. The molecular weight excluding hydrogens is 256 g/mol. The number of rotatable bonds is 6. The van der Waals surface area contributed by atoms with Crippen LogP contribution in [0, 0.1) is 10.1 Å². The van der Waals surface area contributed by atoms with Gasteiger partial charge in [0.05, 0.1) is 4.92 Å². The van der Waals surface area contributed by atoms with Crippen LogP contribution >= 0.6 is 11.6 Å². The summed E-state index contributed by atoms with van der Waals surface area (Å²) in [4.78, 5) is 18.7. The lowest BCUT2D eigenvalue weighted by atomic mass is 10.3. The van der Waals surface area contributed by atoms with Crippen molar-refractivity contribution in [3.63, 3.8) is 0 Å². The molecule has 18 heavy (non-hydrogen) atoms. The number of unbranched alkanes of at least 4 members (excludes halogenated alkanes) is 1. The van der Waals surface area contributed by atoms with E-state index >= 15 is 0 Å². The van der Waals surface area contributed by atoms with Gasteiger partial charge in [0.1, 0.15) is 5.82 Å². The summed E-state index contributed by atoms with van der Waals surface area (Å²) in [6.45, 7) is 2.70. The van der Waals surface area contributed by atoms with Crippen LogP contribution in [0.3, 0.4) is 0 Å². The predicted octanol–water partition coefficient (Wildman–Crippen LogP) is 3.13. The van der Waals surface area contributed by atoms with E-state index in [1.54, 1.807) is 0 Å². The Morgan fingerprint density at radius 1 is 1.50 bits per heavy atom. The highest BCUT2D eigenvalue weighted by atomic mass is 35.5. The van der Waals surface area contributed by atoms with Gasteiger partial charge in [0.15, 0.2) is 0 Å². The molecule has 0 unspecified atom stereocenters. The smallest absolute Gasteiger partial charge is 0.348 e. The third kappa shape index (κ3) is 2.87. The van der Waals surface area contributed by atoms with Crippen LogP contribution in [0.25, 0.3) is 0 Å². The van der Waals surface area contributed by atoms with Crippen LogP contribution in [0.4, 0.5) is 11.5 Å². The van der Waals surface area contributed by atoms with Crippen LogP contribution in [-0.4, -0.2) is 21.4 Å². The molecule has 0 aliphatic heterocycles. The first kappa shape index (κ1) is 13.0. The third-order valence-electron chi connectivity index (χ3n) is 2.81. The van der Waals surface area contributed by atoms with Gasteiger partial charge in [-0.25, -0.2) is 9.97 Å². The first-order chi connectivity index (χ1) is 8.63. The fraction of sp³-hybridized carbons (Fsp3) is 0.636. The number of aromatic nitrogens is 2. The normalized spacial score (nSPS) is 14.6. The molecule has 98 valence electrons. The Morgan fingerprint density at radius 3 is 2.78 bits per heavy atom. The molecule has 0 amide bonds. The van der Waals surface area contributed by atoms with E-state index in [0.717, 1.165) is 25.7 Å². The second-order valence-electron chi connectivity index (χ2n) is 4.38. The third-order valence-corrected chi connectivity index (χ3v) is 3.07. The molecule has 6 nitrogen and oxygen atoms in total. The topological polar surface area (TPSA) is 81.0 Å². The maximum absolute atomic E-state index is 11.0. The van der Waals surface area contributed by atoms with Crippen molar-refractivity contribution in [3.05, 3.63) is 21.1 Å². The molecule has 0 saturated heterocycles. The van der Waals surface area contributed by atoms with Crippen LogP contribution in [0.1, 0.15) is 44.3 Å². The van der Waals surface area contributed by atoms with E-state index in [9.17, 15) is 10.1 Å². The van der Waals surface area contributed by atoms with Crippen molar-refractivity contribution in [1.82, 2.24) is 9.97 Å². The summed E-state index contributed by atoms with van der Waals surface area (Å²) >= 11 is 5.88. The molecule has 0 spiro atoms. The lowest BCUT2D eigenvalue weighted by Gasteiger charge is -2.08. The lowest BCUT2D eigenvalue weighted by molar-refractivity contribution is -0.384. The first-order valence-electron chi connectivity index (χ1n) is 6.09. The van der Waals surface area contributed by atoms with Crippen molar-refractivity contribution in [2.45, 2.75) is 38.5 Å². The average molecular weight is 271 g/mol. The Labute approximate surface area is 110 Å². The van der Waals surface area contributed by atoms with Crippen LogP contribution in [0.2, 0.25) is 5.15 Å². The van der Waals surface area contributed by atoms with Gasteiger partial charge in [0.2, 0.25) is 11.0 Å². The van der Waals surface area contributed by atoms with Crippen LogP contribution in [0.5, 0.6) is 0 Å². The summed E-state index contributed by atoms with van der Waals surface area (Å²) in [6, 6.07) is 0. The number of halogens is 1. The van der Waals surface area contributed by atoms with Gasteiger partial charge < -0.3 is 5.32 Å². The molecule has 1 aliphatic rings. The second kappa shape index (κ2) is 5.48. The molecular formula is C11H15ClN4O2. The van der Waals surface area contributed by atoms with Gasteiger partial charge in [-0.2, -0.15) is 0 Å². The molecule has 0 radical (unpaired) electrons. The standard InChI is InChI=1S/C11H15ClN4O2/c1-2-3-6-13-11-8(16(17)18)9(12)14-10(15-11)7-4-5-7/h7H,2-6H2,1H3,(H,13,14,15). The Kier molecular flexibility index (Phi) is 3.96. The van der Waals surface area contributed by atoms with Gasteiger partial charge in [-0.05, 0) is 19.3 Å². The van der Waals surface area contributed by atoms with E-state index < -0.39 is 4.92 Å². The molecule has 1 saturated carbocycles. The summed E-state index contributed by atoms with van der Waals surface area (Å²) in [7, 11) is 0. The second-order valence-corrected chi connectivity index (χ2v) is 4.74. The molecule has 1 fully saturated rings. The molecule has 2 rings (SSSR count). The quantitative estimate of drug-likeness (QED) is 0.372. The van der Waals surface area contributed by atoms with Crippen LogP contribution in [-0.2, 0) is 0 Å². The largest absolute Gasteiger partial charge is 0.364 e. The number of hydrogen-bond acceptors (Lipinski definition) is 5. The zero-order chi connectivity index (χ0) is 13.1. The minimum Gasteiger partial charge on any atom is -0.364 e. The van der Waals surface area contributed by atoms with Gasteiger partial charge in [-0.3, -0.25) is 10.1 Å². The fourth-order valence-corrected chi connectivity index (χ4v) is 1.88. The highest BCUT2D eigenvalue weighted by molar-refractivity contribution is 6.31. The van der Waals surface area contributed by atoms with Gasteiger partial charge in [-0.15, -0.1) is 0 Å².